The van der Waals surface area contributed by atoms with Gasteiger partial charge in [0.25, 0.3) is 0 Å². The third kappa shape index (κ3) is 7.04. The molecule has 2 rings (SSSR count). The molecule has 31 heavy (non-hydrogen) atoms. The van der Waals surface area contributed by atoms with Gasteiger partial charge in [-0.25, -0.2) is 9.78 Å². The van der Waals surface area contributed by atoms with Crippen molar-refractivity contribution < 1.29 is 42.0 Å². The Labute approximate surface area is 181 Å². The van der Waals surface area contributed by atoms with Crippen molar-refractivity contribution in [3.8, 4) is 17.4 Å². The Kier molecular flexibility index (Phi) is 8.52. The second kappa shape index (κ2) is 10.9. The number of carboxylic acid groups (broad SMARTS) is 1. The maximum absolute atomic E-state index is 12.8. The molecule has 0 spiro atoms. The monoisotopic (exact) mass is 461 g/mol. The summed E-state index contributed by atoms with van der Waals surface area (Å²) in [5.74, 6) is -1.57. The van der Waals surface area contributed by atoms with Crippen LogP contribution in [0, 0.1) is 0 Å². The minimum atomic E-state index is -4.62. The first kappa shape index (κ1) is 24.3. The lowest BCUT2D eigenvalue weighted by atomic mass is 10.1. The van der Waals surface area contributed by atoms with E-state index in [0.29, 0.717) is 37.6 Å². The van der Waals surface area contributed by atoms with Crippen LogP contribution in [-0.2, 0) is 20.4 Å². The molecule has 1 N–H and O–H groups in total. The lowest BCUT2D eigenvalue weighted by Crippen LogP contribution is -2.06. The second-order valence-electron chi connectivity index (χ2n) is 6.02. The third-order valence-corrected chi connectivity index (χ3v) is 4.08. The van der Waals surface area contributed by atoms with Gasteiger partial charge in [0.05, 0.1) is 19.3 Å². The van der Waals surface area contributed by atoms with Gasteiger partial charge in [-0.05, 0) is 24.3 Å². The van der Waals surface area contributed by atoms with E-state index < -0.39 is 17.7 Å². The minimum absolute atomic E-state index is 0.0502. The highest BCUT2D eigenvalue weighted by Gasteiger charge is 2.32. The topological polar surface area (TPSA) is 87.1 Å². The fourth-order valence-electron chi connectivity index (χ4n) is 2.31. The second-order valence-corrected chi connectivity index (χ2v) is 6.43. The number of hydrogen-bond donors (Lipinski definition) is 1. The molecule has 1 heterocycles. The molecule has 0 aliphatic rings. The maximum Gasteiger partial charge on any atom is 0.417 e. The Balaban J connectivity index is 2.40. The highest BCUT2D eigenvalue weighted by molar-refractivity contribution is 6.31. The molecule has 11 heteroatoms. The van der Waals surface area contributed by atoms with Crippen molar-refractivity contribution >= 4 is 23.6 Å². The molecule has 0 saturated heterocycles. The largest absolute Gasteiger partial charge is 0.493 e. The van der Waals surface area contributed by atoms with E-state index in [1.165, 1.54) is 25.3 Å². The smallest absolute Gasteiger partial charge is 0.417 e. The highest BCUT2D eigenvalue weighted by Crippen LogP contribution is 2.37. The number of carboxylic acids is 1. The average molecular weight is 462 g/mol. The number of benzene rings is 1. The van der Waals surface area contributed by atoms with Crippen molar-refractivity contribution in [3.05, 3.63) is 52.4 Å². The molecule has 0 unspecified atom stereocenters. The van der Waals surface area contributed by atoms with Crippen LogP contribution in [0.25, 0.3) is 6.08 Å². The van der Waals surface area contributed by atoms with E-state index >= 15 is 0 Å². The van der Waals surface area contributed by atoms with Crippen LogP contribution >= 0.6 is 11.6 Å². The highest BCUT2D eigenvalue weighted by atomic mass is 35.5. The first-order valence-electron chi connectivity index (χ1n) is 8.81. The van der Waals surface area contributed by atoms with E-state index in [9.17, 15) is 23.1 Å². The van der Waals surface area contributed by atoms with Crippen LogP contribution in [0.5, 0.6) is 17.4 Å². The molecule has 0 bridgehead atoms. The molecule has 0 aliphatic heterocycles. The Bertz CT molecular complexity index is 949. The number of ether oxygens (including phenoxy) is 4. The zero-order valence-electron chi connectivity index (χ0n) is 16.5. The number of nitrogens with zero attached hydrogens (tertiary/aromatic N) is 1. The van der Waals surface area contributed by atoms with Gasteiger partial charge in [0, 0.05) is 38.0 Å². The molecule has 168 valence electrons. The van der Waals surface area contributed by atoms with Crippen LogP contribution in [0.1, 0.15) is 17.5 Å². The maximum atomic E-state index is 12.8. The molecular weight excluding hydrogens is 443 g/mol. The van der Waals surface area contributed by atoms with Crippen molar-refractivity contribution in [2.75, 3.05) is 27.4 Å². The van der Waals surface area contributed by atoms with E-state index in [1.807, 2.05) is 0 Å². The number of aliphatic carboxylic acids is 1. The molecule has 0 fully saturated rings. The summed E-state index contributed by atoms with van der Waals surface area (Å²) in [6.07, 6.45) is -2.23. The van der Waals surface area contributed by atoms with Crippen LogP contribution in [0.2, 0.25) is 5.02 Å². The summed E-state index contributed by atoms with van der Waals surface area (Å²) >= 11 is 5.91. The van der Waals surface area contributed by atoms with E-state index in [1.54, 1.807) is 13.2 Å². The number of hydrogen-bond acceptors (Lipinski definition) is 6. The van der Waals surface area contributed by atoms with Gasteiger partial charge >= 0.3 is 12.1 Å². The lowest BCUT2D eigenvalue weighted by molar-refractivity contribution is -0.138. The molecule has 0 amide bonds. The van der Waals surface area contributed by atoms with Gasteiger partial charge in [0.2, 0.25) is 11.6 Å². The van der Waals surface area contributed by atoms with Crippen LogP contribution in [0.4, 0.5) is 13.2 Å². The minimum Gasteiger partial charge on any atom is -0.493 e. The third-order valence-electron chi connectivity index (χ3n) is 3.81. The SMILES string of the molecule is COCCCOc1ccc(C=C(OC)C(=O)O)c(Oc2ncc(C(F)(F)F)cc2Cl)c1. The molecule has 1 aromatic heterocycles. The van der Waals surface area contributed by atoms with Crippen LogP contribution in [0.3, 0.4) is 0 Å². The fraction of sp³-hybridized carbons (Fsp3) is 0.300. The molecule has 0 aliphatic carbocycles. The van der Waals surface area contributed by atoms with Crippen molar-refractivity contribution in [1.29, 1.82) is 0 Å². The number of aromatic nitrogens is 1. The number of pyridine rings is 1. The Morgan fingerprint density at radius 2 is 1.97 bits per heavy atom. The van der Waals surface area contributed by atoms with E-state index in [0.717, 1.165) is 0 Å². The van der Waals surface area contributed by atoms with Gasteiger partial charge in [-0.3, -0.25) is 0 Å². The Morgan fingerprint density at radius 3 is 2.55 bits per heavy atom. The summed E-state index contributed by atoms with van der Waals surface area (Å²) in [5, 5.41) is 8.80. The summed E-state index contributed by atoms with van der Waals surface area (Å²) in [4.78, 5) is 14.9. The zero-order chi connectivity index (χ0) is 23.0. The van der Waals surface area contributed by atoms with Gasteiger partial charge in [-0.1, -0.05) is 11.6 Å². The van der Waals surface area contributed by atoms with Crippen LogP contribution in [0.15, 0.2) is 36.2 Å². The Hall–Kier alpha value is -2.98. The van der Waals surface area contributed by atoms with Gasteiger partial charge in [0.15, 0.2) is 0 Å². The summed E-state index contributed by atoms with van der Waals surface area (Å²) in [5.41, 5.74) is -0.783. The van der Waals surface area contributed by atoms with E-state index in [2.05, 4.69) is 4.98 Å². The molecule has 0 saturated carbocycles. The van der Waals surface area contributed by atoms with E-state index in [-0.39, 0.29) is 28.0 Å². The molecular formula is C20H19ClF3NO6. The molecule has 0 atom stereocenters. The Morgan fingerprint density at radius 1 is 1.23 bits per heavy atom. The predicted octanol–water partition coefficient (Wildman–Crippen LogP) is 5.03. The van der Waals surface area contributed by atoms with Crippen LogP contribution in [-0.4, -0.2) is 43.5 Å². The zero-order valence-corrected chi connectivity index (χ0v) is 17.3. The fourth-order valence-corrected chi connectivity index (χ4v) is 2.52. The molecule has 2 aromatic rings. The number of rotatable bonds is 10. The summed E-state index contributed by atoms with van der Waals surface area (Å²) in [7, 11) is 2.74. The number of carbonyl (C=O) groups is 1. The first-order chi connectivity index (χ1) is 14.7. The van der Waals surface area contributed by atoms with Crippen molar-refractivity contribution in [2.24, 2.45) is 0 Å². The lowest BCUT2D eigenvalue weighted by Gasteiger charge is -2.14. The van der Waals surface area contributed by atoms with Gasteiger partial charge < -0.3 is 24.1 Å². The van der Waals surface area contributed by atoms with Gasteiger partial charge in [-0.2, -0.15) is 13.2 Å². The molecule has 1 aromatic carbocycles. The van der Waals surface area contributed by atoms with Gasteiger partial charge in [0.1, 0.15) is 16.5 Å². The normalized spacial score (nSPS) is 11.9. The van der Waals surface area contributed by atoms with E-state index in [4.69, 9.17) is 30.5 Å². The summed E-state index contributed by atoms with van der Waals surface area (Å²) in [6.45, 7) is 0.825. The van der Waals surface area contributed by atoms with Gasteiger partial charge in [-0.15, -0.1) is 0 Å². The van der Waals surface area contributed by atoms with Crippen molar-refractivity contribution in [1.82, 2.24) is 4.98 Å². The number of alkyl halides is 3. The summed E-state index contributed by atoms with van der Waals surface area (Å²) < 4.78 is 59.4. The van der Waals surface area contributed by atoms with Crippen LogP contribution < -0.4 is 9.47 Å². The quantitative estimate of drug-likeness (QED) is 0.301. The predicted molar refractivity (Wildman–Crippen MR) is 105 cm³/mol. The van der Waals surface area contributed by atoms with Crippen molar-refractivity contribution in [2.45, 2.75) is 12.6 Å². The number of halogens is 4. The molecule has 0 radical (unpaired) electrons. The average Bonchev–Trinajstić information content (AvgIpc) is 2.71. The van der Waals surface area contributed by atoms with Crippen molar-refractivity contribution in [3.63, 3.8) is 0 Å². The standard InChI is InChI=1S/C20H19ClF3NO6/c1-28-6-3-7-30-14-5-4-12(8-17(29-2)19(26)27)16(10-14)31-18-15(21)9-13(11-25-18)20(22,23)24/h4-5,8-11H,3,6-7H2,1-2H3,(H,26,27). The first-order valence-corrected chi connectivity index (χ1v) is 9.19. The summed E-state index contributed by atoms with van der Waals surface area (Å²) in [6, 6.07) is 5.19. The number of methoxy groups -OCH3 is 2. The molecule has 7 nitrogen and oxygen atoms in total.